The minimum atomic E-state index is -0.433. The van der Waals surface area contributed by atoms with Gasteiger partial charge in [-0.05, 0) is 31.9 Å². The molecule has 0 spiro atoms. The highest BCUT2D eigenvalue weighted by molar-refractivity contribution is 9.11. The molecule has 0 atom stereocenters. The molecule has 6 heteroatoms. The zero-order valence-electron chi connectivity index (χ0n) is 5.52. The van der Waals surface area contributed by atoms with Gasteiger partial charge in [-0.25, -0.2) is 4.79 Å². The van der Waals surface area contributed by atoms with Gasteiger partial charge >= 0.3 is 5.97 Å². The van der Waals surface area contributed by atoms with Gasteiger partial charge in [-0.3, -0.25) is 5.10 Å². The van der Waals surface area contributed by atoms with Crippen molar-refractivity contribution >= 4 is 37.8 Å². The van der Waals surface area contributed by atoms with E-state index in [4.69, 9.17) is 0 Å². The van der Waals surface area contributed by atoms with Gasteiger partial charge in [-0.1, -0.05) is 0 Å². The molecule has 0 aliphatic rings. The number of carbonyl (C=O) groups is 1. The molecular formula is C5H4Br2N2O2. The summed E-state index contributed by atoms with van der Waals surface area (Å²) in [5.41, 5.74) is 0.368. The van der Waals surface area contributed by atoms with Gasteiger partial charge in [0.05, 0.1) is 7.11 Å². The van der Waals surface area contributed by atoms with E-state index in [2.05, 4.69) is 46.8 Å². The van der Waals surface area contributed by atoms with Crippen molar-refractivity contribution in [1.29, 1.82) is 0 Å². The van der Waals surface area contributed by atoms with Crippen LogP contribution < -0.4 is 0 Å². The smallest absolute Gasteiger partial charge is 0.343 e. The molecule has 0 unspecified atom stereocenters. The topological polar surface area (TPSA) is 55.0 Å². The lowest BCUT2D eigenvalue weighted by molar-refractivity contribution is 0.0598. The second-order valence-electron chi connectivity index (χ2n) is 1.69. The second kappa shape index (κ2) is 3.36. The summed E-state index contributed by atoms with van der Waals surface area (Å²) in [5.74, 6) is -0.433. The fourth-order valence-electron chi connectivity index (χ4n) is 0.576. The second-order valence-corrected chi connectivity index (χ2v) is 3.24. The number of halogens is 2. The van der Waals surface area contributed by atoms with Crippen molar-refractivity contribution < 1.29 is 9.53 Å². The van der Waals surface area contributed by atoms with E-state index in [1.54, 1.807) is 0 Å². The minimum absolute atomic E-state index is 0.368. The number of esters is 1. The fourth-order valence-corrected chi connectivity index (χ4v) is 1.73. The summed E-state index contributed by atoms with van der Waals surface area (Å²) < 4.78 is 5.45. The van der Waals surface area contributed by atoms with Crippen molar-refractivity contribution in [1.82, 2.24) is 10.2 Å². The van der Waals surface area contributed by atoms with Gasteiger partial charge < -0.3 is 4.74 Å². The van der Waals surface area contributed by atoms with Crippen LogP contribution in [0.25, 0.3) is 0 Å². The maximum Gasteiger partial charge on any atom is 0.343 e. The number of aromatic amines is 1. The van der Waals surface area contributed by atoms with Crippen LogP contribution in [-0.4, -0.2) is 23.3 Å². The van der Waals surface area contributed by atoms with Crippen molar-refractivity contribution in [2.45, 2.75) is 0 Å². The molecule has 1 rings (SSSR count). The molecule has 0 fully saturated rings. The van der Waals surface area contributed by atoms with Crippen LogP contribution in [0.4, 0.5) is 0 Å². The van der Waals surface area contributed by atoms with Gasteiger partial charge in [0.2, 0.25) is 0 Å². The van der Waals surface area contributed by atoms with E-state index in [9.17, 15) is 4.79 Å². The number of hydrogen-bond donors (Lipinski definition) is 1. The highest BCUT2D eigenvalue weighted by Gasteiger charge is 2.17. The first-order valence-electron chi connectivity index (χ1n) is 2.64. The molecule has 11 heavy (non-hydrogen) atoms. The molecule has 0 bridgehead atoms. The molecule has 1 aromatic rings. The third kappa shape index (κ3) is 1.62. The van der Waals surface area contributed by atoms with E-state index in [0.29, 0.717) is 14.8 Å². The summed E-state index contributed by atoms with van der Waals surface area (Å²) in [4.78, 5) is 11.0. The molecule has 1 heterocycles. The van der Waals surface area contributed by atoms with Gasteiger partial charge in [0.25, 0.3) is 0 Å². The van der Waals surface area contributed by atoms with Crippen molar-refractivity contribution in [3.8, 4) is 0 Å². The highest BCUT2D eigenvalue weighted by atomic mass is 79.9. The lowest BCUT2D eigenvalue weighted by Gasteiger charge is -1.94. The summed E-state index contributed by atoms with van der Waals surface area (Å²) in [6.45, 7) is 0. The number of H-pyrrole nitrogens is 1. The fraction of sp³-hybridized carbons (Fsp3) is 0.200. The minimum Gasteiger partial charge on any atom is -0.465 e. The van der Waals surface area contributed by atoms with E-state index in [1.165, 1.54) is 7.11 Å². The maximum atomic E-state index is 11.0. The lowest BCUT2D eigenvalue weighted by atomic mass is 10.4. The molecule has 0 radical (unpaired) electrons. The van der Waals surface area contributed by atoms with Crippen LogP contribution in [-0.2, 0) is 4.74 Å². The van der Waals surface area contributed by atoms with Crippen LogP contribution in [0, 0.1) is 0 Å². The van der Waals surface area contributed by atoms with Gasteiger partial charge in [-0.15, -0.1) is 0 Å². The largest absolute Gasteiger partial charge is 0.465 e. The first-order valence-corrected chi connectivity index (χ1v) is 4.23. The number of hydrogen-bond acceptors (Lipinski definition) is 3. The molecule has 60 valence electrons. The Morgan fingerprint density at radius 2 is 2.27 bits per heavy atom. The Balaban J connectivity index is 3.10. The van der Waals surface area contributed by atoms with Crippen LogP contribution in [0.1, 0.15) is 10.4 Å². The average molecular weight is 284 g/mol. The molecule has 0 aliphatic carbocycles. The van der Waals surface area contributed by atoms with Crippen molar-refractivity contribution in [3.05, 3.63) is 14.8 Å². The van der Waals surface area contributed by atoms with Crippen molar-refractivity contribution in [2.75, 3.05) is 7.11 Å². The summed E-state index contributed by atoms with van der Waals surface area (Å²) in [6.07, 6.45) is 0. The Hall–Kier alpha value is -0.360. The summed E-state index contributed by atoms with van der Waals surface area (Å²) in [5, 5.41) is 6.30. The number of nitrogens with one attached hydrogen (secondary N) is 1. The number of carbonyl (C=O) groups excluding carboxylic acids is 1. The Labute approximate surface area is 79.6 Å². The molecule has 4 nitrogen and oxygen atoms in total. The Bertz CT molecular complexity index is 265. The molecule has 1 aromatic heterocycles. The van der Waals surface area contributed by atoms with Gasteiger partial charge in [0, 0.05) is 0 Å². The molecule has 1 N–H and O–H groups in total. The van der Waals surface area contributed by atoms with Gasteiger partial charge in [0.1, 0.15) is 14.8 Å². The Kier molecular flexibility index (Phi) is 2.67. The molecule has 0 saturated heterocycles. The number of aromatic nitrogens is 2. The third-order valence-electron chi connectivity index (χ3n) is 1.07. The predicted octanol–water partition coefficient (Wildman–Crippen LogP) is 1.72. The molecule has 0 amide bonds. The number of ether oxygens (including phenoxy) is 1. The first kappa shape index (κ1) is 8.73. The highest BCUT2D eigenvalue weighted by Crippen LogP contribution is 2.22. The van der Waals surface area contributed by atoms with Crippen LogP contribution >= 0.6 is 31.9 Å². The monoisotopic (exact) mass is 282 g/mol. The average Bonchev–Trinajstić information content (AvgIpc) is 2.30. The zero-order valence-corrected chi connectivity index (χ0v) is 8.69. The third-order valence-corrected chi connectivity index (χ3v) is 2.22. The van der Waals surface area contributed by atoms with E-state index < -0.39 is 5.97 Å². The summed E-state index contributed by atoms with van der Waals surface area (Å²) in [6, 6.07) is 0. The molecule has 0 saturated carbocycles. The Morgan fingerprint density at radius 1 is 1.64 bits per heavy atom. The first-order chi connectivity index (χ1) is 5.16. The molecule has 0 aliphatic heterocycles. The zero-order chi connectivity index (χ0) is 8.43. The summed E-state index contributed by atoms with van der Waals surface area (Å²) >= 11 is 6.19. The van der Waals surface area contributed by atoms with E-state index in [-0.39, 0.29) is 0 Å². The summed E-state index contributed by atoms with van der Waals surface area (Å²) in [7, 11) is 1.31. The normalized spacial score (nSPS) is 9.73. The maximum absolute atomic E-state index is 11.0. The van der Waals surface area contributed by atoms with Crippen LogP contribution in [0.5, 0.6) is 0 Å². The van der Waals surface area contributed by atoms with E-state index >= 15 is 0 Å². The quantitative estimate of drug-likeness (QED) is 0.799. The number of methoxy groups -OCH3 is 1. The number of rotatable bonds is 1. The van der Waals surface area contributed by atoms with Crippen LogP contribution in [0.2, 0.25) is 0 Å². The molecular weight excluding hydrogens is 280 g/mol. The predicted molar refractivity (Wildman–Crippen MR) is 45.3 cm³/mol. The number of nitrogens with zero attached hydrogens (tertiary/aromatic N) is 1. The standard InChI is InChI=1S/C5H4Br2N2O2/c1-11-5(10)2-3(6)8-9-4(2)7/h1H3,(H,8,9). The molecule has 0 aromatic carbocycles. The van der Waals surface area contributed by atoms with E-state index in [1.807, 2.05) is 0 Å². The SMILES string of the molecule is COC(=O)c1c(Br)n[nH]c1Br. The van der Waals surface area contributed by atoms with Gasteiger partial charge in [0.15, 0.2) is 0 Å². The Morgan fingerprint density at radius 3 is 2.64 bits per heavy atom. The van der Waals surface area contributed by atoms with Gasteiger partial charge in [-0.2, -0.15) is 5.10 Å². The van der Waals surface area contributed by atoms with E-state index in [0.717, 1.165) is 0 Å². The lowest BCUT2D eigenvalue weighted by Crippen LogP contribution is -2.00. The van der Waals surface area contributed by atoms with Crippen LogP contribution in [0.3, 0.4) is 0 Å². The van der Waals surface area contributed by atoms with Crippen molar-refractivity contribution in [3.63, 3.8) is 0 Å². The van der Waals surface area contributed by atoms with Crippen molar-refractivity contribution in [2.24, 2.45) is 0 Å². The van der Waals surface area contributed by atoms with Crippen LogP contribution in [0.15, 0.2) is 9.21 Å².